The van der Waals surface area contributed by atoms with Crippen LogP contribution in [0.4, 0.5) is 11.5 Å². The van der Waals surface area contributed by atoms with Gasteiger partial charge in [-0.1, -0.05) is 6.07 Å². The summed E-state index contributed by atoms with van der Waals surface area (Å²) in [7, 11) is 0. The number of nitriles is 1. The van der Waals surface area contributed by atoms with E-state index < -0.39 is 0 Å². The fourth-order valence-corrected chi connectivity index (χ4v) is 2.98. The van der Waals surface area contributed by atoms with Crippen molar-refractivity contribution in [3.05, 3.63) is 35.8 Å². The molecule has 7 nitrogen and oxygen atoms in total. The molecule has 0 saturated carbocycles. The SMILES string of the molecule is CC(=O)Nc1cn[nH]c1C1CCCN(c2cccc(C#N)n2)C1. The van der Waals surface area contributed by atoms with Crippen LogP contribution >= 0.6 is 0 Å². The van der Waals surface area contributed by atoms with Gasteiger partial charge in [0.25, 0.3) is 0 Å². The number of hydrogen-bond acceptors (Lipinski definition) is 5. The molecule has 2 aromatic heterocycles. The number of anilines is 2. The maximum absolute atomic E-state index is 11.3. The highest BCUT2D eigenvalue weighted by Gasteiger charge is 2.25. The molecule has 1 fully saturated rings. The molecule has 118 valence electrons. The molecule has 1 unspecified atom stereocenters. The molecule has 0 aliphatic carbocycles. The van der Waals surface area contributed by atoms with Crippen LogP contribution in [0.5, 0.6) is 0 Å². The lowest BCUT2D eigenvalue weighted by Crippen LogP contribution is -2.35. The van der Waals surface area contributed by atoms with Gasteiger partial charge < -0.3 is 10.2 Å². The third-order valence-corrected chi connectivity index (χ3v) is 3.98. The molecule has 2 N–H and O–H groups in total. The summed E-state index contributed by atoms with van der Waals surface area (Å²) in [5.41, 5.74) is 2.11. The van der Waals surface area contributed by atoms with Crippen LogP contribution in [-0.4, -0.2) is 34.2 Å². The van der Waals surface area contributed by atoms with Crippen molar-refractivity contribution in [2.24, 2.45) is 0 Å². The average molecular weight is 310 g/mol. The van der Waals surface area contributed by atoms with Crippen LogP contribution in [0.15, 0.2) is 24.4 Å². The van der Waals surface area contributed by atoms with Crippen molar-refractivity contribution in [3.8, 4) is 6.07 Å². The number of nitrogens with one attached hydrogen (secondary N) is 2. The second-order valence-corrected chi connectivity index (χ2v) is 5.66. The van der Waals surface area contributed by atoms with Gasteiger partial charge in [0.05, 0.1) is 17.6 Å². The molecule has 0 aromatic carbocycles. The van der Waals surface area contributed by atoms with Crippen LogP contribution in [0.2, 0.25) is 0 Å². The zero-order valence-electron chi connectivity index (χ0n) is 12.9. The number of H-pyrrole nitrogens is 1. The molecule has 3 rings (SSSR count). The molecule has 0 radical (unpaired) electrons. The van der Waals surface area contributed by atoms with E-state index in [1.54, 1.807) is 12.3 Å². The Bertz CT molecular complexity index is 747. The van der Waals surface area contributed by atoms with Gasteiger partial charge in [0.1, 0.15) is 17.6 Å². The topological polar surface area (TPSA) is 97.7 Å². The molecule has 1 amide bonds. The Hall–Kier alpha value is -2.88. The van der Waals surface area contributed by atoms with Crippen LogP contribution in [0.25, 0.3) is 0 Å². The van der Waals surface area contributed by atoms with E-state index in [9.17, 15) is 4.79 Å². The van der Waals surface area contributed by atoms with E-state index in [0.717, 1.165) is 43.1 Å². The highest BCUT2D eigenvalue weighted by atomic mass is 16.1. The normalized spacial score (nSPS) is 17.6. The number of hydrogen-bond donors (Lipinski definition) is 2. The van der Waals surface area contributed by atoms with E-state index in [4.69, 9.17) is 5.26 Å². The van der Waals surface area contributed by atoms with Gasteiger partial charge in [-0.15, -0.1) is 0 Å². The van der Waals surface area contributed by atoms with E-state index in [1.165, 1.54) is 6.92 Å². The van der Waals surface area contributed by atoms with Gasteiger partial charge >= 0.3 is 0 Å². The number of carbonyl (C=O) groups excluding carboxylic acids is 1. The first kappa shape index (κ1) is 15.0. The van der Waals surface area contributed by atoms with Gasteiger partial charge in [0, 0.05) is 25.9 Å². The van der Waals surface area contributed by atoms with Crippen molar-refractivity contribution in [1.82, 2.24) is 15.2 Å². The third-order valence-electron chi connectivity index (χ3n) is 3.98. The molecular weight excluding hydrogens is 292 g/mol. The standard InChI is InChI=1S/C16H18N6O/c1-11(23)19-14-9-18-21-16(14)12-4-3-7-22(10-12)15-6-2-5-13(8-17)20-15/h2,5-6,9,12H,3-4,7,10H2,1H3,(H,18,21)(H,19,23). The summed E-state index contributed by atoms with van der Waals surface area (Å²) < 4.78 is 0. The lowest BCUT2D eigenvalue weighted by atomic mass is 9.94. The lowest BCUT2D eigenvalue weighted by molar-refractivity contribution is -0.114. The average Bonchev–Trinajstić information content (AvgIpc) is 3.02. The number of pyridine rings is 1. The summed E-state index contributed by atoms with van der Waals surface area (Å²) in [4.78, 5) is 17.8. The number of rotatable bonds is 3. The molecule has 0 bridgehead atoms. The highest BCUT2D eigenvalue weighted by Crippen LogP contribution is 2.31. The largest absolute Gasteiger partial charge is 0.356 e. The van der Waals surface area contributed by atoms with Gasteiger partial charge in [-0.05, 0) is 25.0 Å². The van der Waals surface area contributed by atoms with E-state index >= 15 is 0 Å². The van der Waals surface area contributed by atoms with Crippen LogP contribution in [0, 0.1) is 11.3 Å². The van der Waals surface area contributed by atoms with Gasteiger partial charge in [-0.3, -0.25) is 9.89 Å². The summed E-state index contributed by atoms with van der Waals surface area (Å²) >= 11 is 0. The number of aromatic amines is 1. The molecule has 1 aliphatic rings. The second-order valence-electron chi connectivity index (χ2n) is 5.66. The molecule has 3 heterocycles. The van der Waals surface area contributed by atoms with Gasteiger partial charge in [0.15, 0.2) is 0 Å². The summed E-state index contributed by atoms with van der Waals surface area (Å²) in [6.07, 6.45) is 3.68. The Morgan fingerprint density at radius 3 is 3.17 bits per heavy atom. The first-order valence-electron chi connectivity index (χ1n) is 7.60. The van der Waals surface area contributed by atoms with E-state index in [1.807, 2.05) is 12.1 Å². The molecule has 2 aromatic rings. The van der Waals surface area contributed by atoms with E-state index in [-0.39, 0.29) is 11.8 Å². The molecule has 7 heteroatoms. The maximum atomic E-state index is 11.3. The third kappa shape index (κ3) is 3.31. The summed E-state index contributed by atoms with van der Waals surface area (Å²) in [5, 5.41) is 18.9. The Kier molecular flexibility index (Phi) is 4.24. The number of aromatic nitrogens is 3. The Labute approximate surface area is 134 Å². The molecule has 1 saturated heterocycles. The number of amides is 1. The van der Waals surface area contributed by atoms with E-state index in [0.29, 0.717) is 5.69 Å². The molecular formula is C16H18N6O. The van der Waals surface area contributed by atoms with Crippen LogP contribution in [0.1, 0.15) is 37.1 Å². The van der Waals surface area contributed by atoms with Crippen LogP contribution < -0.4 is 10.2 Å². The smallest absolute Gasteiger partial charge is 0.221 e. The molecule has 1 aliphatic heterocycles. The molecule has 1 atom stereocenters. The Morgan fingerprint density at radius 1 is 1.52 bits per heavy atom. The maximum Gasteiger partial charge on any atom is 0.221 e. The zero-order chi connectivity index (χ0) is 16.2. The predicted molar refractivity (Wildman–Crippen MR) is 86.0 cm³/mol. The van der Waals surface area contributed by atoms with Gasteiger partial charge in [-0.2, -0.15) is 10.4 Å². The number of carbonyl (C=O) groups is 1. The monoisotopic (exact) mass is 310 g/mol. The van der Waals surface area contributed by atoms with Gasteiger partial charge in [-0.25, -0.2) is 4.98 Å². The minimum atomic E-state index is -0.108. The minimum Gasteiger partial charge on any atom is -0.356 e. The quantitative estimate of drug-likeness (QED) is 0.904. The van der Waals surface area contributed by atoms with Crippen molar-refractivity contribution >= 4 is 17.4 Å². The van der Waals surface area contributed by atoms with E-state index in [2.05, 4.69) is 31.5 Å². The summed E-state index contributed by atoms with van der Waals surface area (Å²) in [6.45, 7) is 3.17. The van der Waals surface area contributed by atoms with Crippen molar-refractivity contribution in [3.63, 3.8) is 0 Å². The zero-order valence-corrected chi connectivity index (χ0v) is 12.9. The van der Waals surface area contributed by atoms with Crippen molar-refractivity contribution in [2.45, 2.75) is 25.7 Å². The first-order valence-corrected chi connectivity index (χ1v) is 7.60. The van der Waals surface area contributed by atoms with Crippen LogP contribution in [-0.2, 0) is 4.79 Å². The van der Waals surface area contributed by atoms with Crippen molar-refractivity contribution < 1.29 is 4.79 Å². The number of nitrogens with zero attached hydrogens (tertiary/aromatic N) is 4. The molecule has 0 spiro atoms. The Balaban J connectivity index is 1.80. The second kappa shape index (κ2) is 6.48. The van der Waals surface area contributed by atoms with Crippen LogP contribution in [0.3, 0.4) is 0 Å². The summed E-state index contributed by atoms with van der Waals surface area (Å²) in [6, 6.07) is 7.55. The Morgan fingerprint density at radius 2 is 2.39 bits per heavy atom. The first-order chi connectivity index (χ1) is 11.2. The highest BCUT2D eigenvalue weighted by molar-refractivity contribution is 5.89. The number of piperidine rings is 1. The lowest BCUT2D eigenvalue weighted by Gasteiger charge is -2.33. The molecule has 23 heavy (non-hydrogen) atoms. The minimum absolute atomic E-state index is 0.108. The fraction of sp³-hybridized carbons (Fsp3) is 0.375. The van der Waals surface area contributed by atoms with Gasteiger partial charge in [0.2, 0.25) is 5.91 Å². The fourth-order valence-electron chi connectivity index (χ4n) is 2.98. The summed E-state index contributed by atoms with van der Waals surface area (Å²) in [5.74, 6) is 0.943. The van der Waals surface area contributed by atoms with Crippen molar-refractivity contribution in [1.29, 1.82) is 5.26 Å². The van der Waals surface area contributed by atoms with Crippen molar-refractivity contribution in [2.75, 3.05) is 23.3 Å². The predicted octanol–water partition coefficient (Wildman–Crippen LogP) is 2.02.